The van der Waals surface area contributed by atoms with Crippen molar-refractivity contribution in [2.45, 2.75) is 40.0 Å². The Hall–Kier alpha value is -1.63. The Morgan fingerprint density at radius 3 is 2.50 bits per heavy atom. The summed E-state index contributed by atoms with van der Waals surface area (Å²) in [6, 6.07) is 13.0. The van der Waals surface area contributed by atoms with Crippen molar-refractivity contribution in [3.63, 3.8) is 0 Å². The first kappa shape index (κ1) is 14.8. The van der Waals surface area contributed by atoms with Crippen LogP contribution in [-0.2, 0) is 6.42 Å². The second-order valence-electron chi connectivity index (χ2n) is 5.97. The molecule has 2 aromatic rings. The van der Waals surface area contributed by atoms with E-state index in [1.807, 2.05) is 0 Å². The first-order chi connectivity index (χ1) is 9.65. The number of rotatable bonds is 6. The Morgan fingerprint density at radius 2 is 1.85 bits per heavy atom. The van der Waals surface area contributed by atoms with Gasteiger partial charge in [0.15, 0.2) is 0 Å². The standard InChI is InChI=1S/C19H25N/c1-4-14(2)11-16(13-20)12-18-10-6-9-17-8-5-7-15(3)19(17)18/h5-10,13-14,16,20H,4,11-12H2,1-3H3/t14-,16?/m0/s1. The van der Waals surface area contributed by atoms with Gasteiger partial charge in [0.2, 0.25) is 0 Å². The fraction of sp³-hybridized carbons (Fsp3) is 0.421. The molecule has 0 aromatic heterocycles. The average Bonchev–Trinajstić information content (AvgIpc) is 2.46. The summed E-state index contributed by atoms with van der Waals surface area (Å²) < 4.78 is 0. The summed E-state index contributed by atoms with van der Waals surface area (Å²) >= 11 is 0. The molecule has 0 bridgehead atoms. The quantitative estimate of drug-likeness (QED) is 0.678. The van der Waals surface area contributed by atoms with Gasteiger partial charge in [-0.1, -0.05) is 56.7 Å². The second-order valence-corrected chi connectivity index (χ2v) is 5.97. The van der Waals surface area contributed by atoms with Gasteiger partial charge in [-0.3, -0.25) is 0 Å². The predicted octanol–water partition coefficient (Wildman–Crippen LogP) is 5.39. The molecule has 20 heavy (non-hydrogen) atoms. The first-order valence-corrected chi connectivity index (χ1v) is 7.63. The molecule has 0 saturated carbocycles. The summed E-state index contributed by atoms with van der Waals surface area (Å²) in [5.74, 6) is 1.05. The first-order valence-electron chi connectivity index (χ1n) is 7.63. The summed E-state index contributed by atoms with van der Waals surface area (Å²) in [4.78, 5) is 0. The van der Waals surface area contributed by atoms with Crippen molar-refractivity contribution in [3.8, 4) is 0 Å². The maximum Gasteiger partial charge on any atom is -0.00133 e. The zero-order valence-corrected chi connectivity index (χ0v) is 12.8. The van der Waals surface area contributed by atoms with Crippen LogP contribution in [-0.4, -0.2) is 6.21 Å². The van der Waals surface area contributed by atoms with E-state index in [0.29, 0.717) is 11.8 Å². The van der Waals surface area contributed by atoms with E-state index in [2.05, 4.69) is 57.2 Å². The molecule has 1 unspecified atom stereocenters. The Kier molecular flexibility index (Phi) is 4.94. The van der Waals surface area contributed by atoms with Crippen LogP contribution in [0.3, 0.4) is 0 Å². The predicted molar refractivity (Wildman–Crippen MR) is 88.7 cm³/mol. The zero-order valence-electron chi connectivity index (χ0n) is 12.8. The maximum absolute atomic E-state index is 7.71. The Bertz CT molecular complexity index is 580. The highest BCUT2D eigenvalue weighted by Crippen LogP contribution is 2.26. The molecular weight excluding hydrogens is 242 g/mol. The van der Waals surface area contributed by atoms with Gasteiger partial charge in [-0.05, 0) is 59.7 Å². The highest BCUT2D eigenvalue weighted by atomic mass is 14.4. The number of fused-ring (bicyclic) bond motifs is 1. The molecular formula is C19H25N. The normalized spacial score (nSPS) is 14.2. The minimum atomic E-state index is 0.357. The van der Waals surface area contributed by atoms with Crippen molar-refractivity contribution in [3.05, 3.63) is 47.5 Å². The van der Waals surface area contributed by atoms with Gasteiger partial charge >= 0.3 is 0 Å². The van der Waals surface area contributed by atoms with Crippen molar-refractivity contribution in [1.29, 1.82) is 5.41 Å². The third-order valence-corrected chi connectivity index (χ3v) is 4.32. The molecule has 2 aromatic carbocycles. The van der Waals surface area contributed by atoms with Crippen LogP contribution < -0.4 is 0 Å². The molecule has 106 valence electrons. The number of benzene rings is 2. The summed E-state index contributed by atoms with van der Waals surface area (Å²) in [5.41, 5.74) is 2.72. The van der Waals surface area contributed by atoms with E-state index in [1.54, 1.807) is 6.21 Å². The molecule has 1 heteroatoms. The van der Waals surface area contributed by atoms with Crippen LogP contribution in [0.25, 0.3) is 10.8 Å². The number of hydrogen-bond acceptors (Lipinski definition) is 1. The van der Waals surface area contributed by atoms with Crippen LogP contribution in [0.5, 0.6) is 0 Å². The van der Waals surface area contributed by atoms with Crippen molar-refractivity contribution >= 4 is 17.0 Å². The Labute approximate surface area is 122 Å². The fourth-order valence-corrected chi connectivity index (χ4v) is 2.97. The van der Waals surface area contributed by atoms with Crippen LogP contribution in [0.15, 0.2) is 36.4 Å². The smallest absolute Gasteiger partial charge is 0.00133 e. The van der Waals surface area contributed by atoms with Crippen molar-refractivity contribution in [1.82, 2.24) is 0 Å². The molecule has 0 amide bonds. The van der Waals surface area contributed by atoms with Gasteiger partial charge in [-0.25, -0.2) is 0 Å². The summed E-state index contributed by atoms with van der Waals surface area (Å²) in [6.07, 6.45) is 4.93. The average molecular weight is 267 g/mol. The highest BCUT2D eigenvalue weighted by molar-refractivity contribution is 5.89. The molecule has 2 rings (SSSR count). The number of hydrogen-bond donors (Lipinski definition) is 1. The SMILES string of the molecule is CC[C@H](C)CC(C=N)Cc1cccc2cccc(C)c12. The molecule has 0 aliphatic rings. The van der Waals surface area contributed by atoms with E-state index in [4.69, 9.17) is 5.41 Å². The molecule has 0 fully saturated rings. The van der Waals surface area contributed by atoms with Gasteiger partial charge in [0.05, 0.1) is 0 Å². The lowest BCUT2D eigenvalue weighted by atomic mass is 9.87. The van der Waals surface area contributed by atoms with E-state index >= 15 is 0 Å². The monoisotopic (exact) mass is 267 g/mol. The third-order valence-electron chi connectivity index (χ3n) is 4.32. The lowest BCUT2D eigenvalue weighted by Crippen LogP contribution is -2.10. The molecule has 0 saturated heterocycles. The van der Waals surface area contributed by atoms with Gasteiger partial charge < -0.3 is 5.41 Å². The Morgan fingerprint density at radius 1 is 1.15 bits per heavy atom. The van der Waals surface area contributed by atoms with Crippen molar-refractivity contribution < 1.29 is 0 Å². The highest BCUT2D eigenvalue weighted by Gasteiger charge is 2.13. The van der Waals surface area contributed by atoms with Crippen LogP contribution in [0.4, 0.5) is 0 Å². The van der Waals surface area contributed by atoms with E-state index in [1.165, 1.54) is 28.3 Å². The summed E-state index contributed by atoms with van der Waals surface area (Å²) in [5, 5.41) is 10.4. The van der Waals surface area contributed by atoms with Crippen LogP contribution >= 0.6 is 0 Å². The number of nitrogens with one attached hydrogen (secondary N) is 1. The number of aryl methyl sites for hydroxylation is 1. The minimum Gasteiger partial charge on any atom is -0.313 e. The maximum atomic E-state index is 7.71. The molecule has 0 heterocycles. The lowest BCUT2D eigenvalue weighted by molar-refractivity contribution is 0.453. The molecule has 2 atom stereocenters. The van der Waals surface area contributed by atoms with Gasteiger partial charge in [0.1, 0.15) is 0 Å². The van der Waals surface area contributed by atoms with Crippen molar-refractivity contribution in [2.24, 2.45) is 11.8 Å². The lowest BCUT2D eigenvalue weighted by Gasteiger charge is -2.17. The van der Waals surface area contributed by atoms with Gasteiger partial charge in [0.25, 0.3) is 0 Å². The van der Waals surface area contributed by atoms with E-state index in [0.717, 1.165) is 12.8 Å². The Balaban J connectivity index is 2.31. The molecule has 0 radical (unpaired) electrons. The topological polar surface area (TPSA) is 23.9 Å². The van der Waals surface area contributed by atoms with E-state index in [-0.39, 0.29) is 0 Å². The van der Waals surface area contributed by atoms with Gasteiger partial charge in [-0.15, -0.1) is 0 Å². The zero-order chi connectivity index (χ0) is 14.5. The molecule has 0 aliphatic heterocycles. The van der Waals surface area contributed by atoms with E-state index in [9.17, 15) is 0 Å². The second kappa shape index (κ2) is 6.69. The summed E-state index contributed by atoms with van der Waals surface area (Å²) in [7, 11) is 0. The van der Waals surface area contributed by atoms with Crippen LogP contribution in [0.1, 0.15) is 37.8 Å². The molecule has 1 N–H and O–H groups in total. The molecule has 0 aliphatic carbocycles. The molecule has 0 spiro atoms. The fourth-order valence-electron chi connectivity index (χ4n) is 2.97. The van der Waals surface area contributed by atoms with Gasteiger partial charge in [0, 0.05) is 0 Å². The largest absolute Gasteiger partial charge is 0.313 e. The van der Waals surface area contributed by atoms with E-state index < -0.39 is 0 Å². The van der Waals surface area contributed by atoms with Crippen molar-refractivity contribution in [2.75, 3.05) is 0 Å². The minimum absolute atomic E-state index is 0.357. The third kappa shape index (κ3) is 3.27. The van der Waals surface area contributed by atoms with Gasteiger partial charge in [-0.2, -0.15) is 0 Å². The van der Waals surface area contributed by atoms with Crippen LogP contribution in [0, 0.1) is 24.2 Å². The summed E-state index contributed by atoms with van der Waals surface area (Å²) in [6.45, 7) is 6.69. The van der Waals surface area contributed by atoms with Crippen LogP contribution in [0.2, 0.25) is 0 Å². The molecule has 1 nitrogen and oxygen atoms in total.